The Morgan fingerprint density at radius 2 is 2.00 bits per heavy atom. The molecule has 0 radical (unpaired) electrons. The Morgan fingerprint density at radius 1 is 1.27 bits per heavy atom. The van der Waals surface area contributed by atoms with Crippen LogP contribution in [-0.4, -0.2) is 6.04 Å². The van der Waals surface area contributed by atoms with Gasteiger partial charge in [0, 0.05) is 17.6 Å². The molecule has 1 fully saturated rings. The molecule has 0 saturated heterocycles. The van der Waals surface area contributed by atoms with Crippen molar-refractivity contribution in [2.75, 3.05) is 0 Å². The van der Waals surface area contributed by atoms with Gasteiger partial charge >= 0.3 is 0 Å². The van der Waals surface area contributed by atoms with E-state index in [1.165, 1.54) is 24.8 Å². The molecule has 0 aromatic heterocycles. The lowest BCUT2D eigenvalue weighted by Crippen LogP contribution is -2.30. The van der Waals surface area contributed by atoms with Crippen LogP contribution in [0.4, 0.5) is 0 Å². The van der Waals surface area contributed by atoms with E-state index in [1.54, 1.807) is 0 Å². The molecule has 1 nitrogen and oxygen atoms in total. The number of nitrogens with one attached hydrogen (secondary N) is 1. The molecule has 2 unspecified atom stereocenters. The van der Waals surface area contributed by atoms with Crippen LogP contribution in [0.3, 0.4) is 0 Å². The van der Waals surface area contributed by atoms with Crippen LogP contribution in [0.1, 0.15) is 31.7 Å². The molecule has 1 N–H and O–H groups in total. The van der Waals surface area contributed by atoms with Crippen LogP contribution in [-0.2, 0) is 6.54 Å². The van der Waals surface area contributed by atoms with Gasteiger partial charge in [-0.15, -0.1) is 0 Å². The number of hydrogen-bond acceptors (Lipinski definition) is 1. The monoisotopic (exact) mass is 223 g/mol. The maximum absolute atomic E-state index is 5.84. The Balaban J connectivity index is 1.85. The van der Waals surface area contributed by atoms with E-state index in [4.69, 9.17) is 11.6 Å². The van der Waals surface area contributed by atoms with Gasteiger partial charge in [0.15, 0.2) is 0 Å². The highest BCUT2D eigenvalue weighted by atomic mass is 35.5. The Bertz CT molecular complexity index is 307. The second kappa shape index (κ2) is 5.00. The molecule has 1 aliphatic carbocycles. The lowest BCUT2D eigenvalue weighted by atomic mass is 10.1. The molecule has 0 aliphatic heterocycles. The van der Waals surface area contributed by atoms with Crippen LogP contribution in [0.25, 0.3) is 0 Å². The topological polar surface area (TPSA) is 12.0 Å². The molecule has 0 heterocycles. The van der Waals surface area contributed by atoms with Crippen molar-refractivity contribution in [3.63, 3.8) is 0 Å². The third-order valence-electron chi connectivity index (χ3n) is 3.34. The van der Waals surface area contributed by atoms with E-state index in [0.717, 1.165) is 17.5 Å². The van der Waals surface area contributed by atoms with Crippen LogP contribution in [0.5, 0.6) is 0 Å². The van der Waals surface area contributed by atoms with E-state index in [9.17, 15) is 0 Å². The summed E-state index contributed by atoms with van der Waals surface area (Å²) in [6.45, 7) is 3.30. The average Bonchev–Trinajstić information content (AvgIpc) is 2.63. The highest BCUT2D eigenvalue weighted by Gasteiger charge is 2.22. The number of halogens is 1. The summed E-state index contributed by atoms with van der Waals surface area (Å²) in [5.74, 6) is 0.831. The number of benzene rings is 1. The average molecular weight is 224 g/mol. The summed E-state index contributed by atoms with van der Waals surface area (Å²) in [5.41, 5.74) is 1.32. The zero-order valence-corrected chi connectivity index (χ0v) is 9.93. The van der Waals surface area contributed by atoms with E-state index in [2.05, 4.69) is 24.4 Å². The highest BCUT2D eigenvalue weighted by Crippen LogP contribution is 2.25. The van der Waals surface area contributed by atoms with Gasteiger partial charge in [-0.1, -0.05) is 37.1 Å². The second-order valence-electron chi connectivity index (χ2n) is 4.52. The Labute approximate surface area is 96.8 Å². The molecule has 1 aromatic carbocycles. The summed E-state index contributed by atoms with van der Waals surface area (Å²) in [7, 11) is 0. The normalized spacial score (nSPS) is 25.7. The van der Waals surface area contributed by atoms with Crippen LogP contribution >= 0.6 is 11.6 Å². The molecule has 0 spiro atoms. The molecular formula is C13H18ClN. The van der Waals surface area contributed by atoms with Gasteiger partial charge < -0.3 is 5.32 Å². The zero-order valence-electron chi connectivity index (χ0n) is 9.17. The smallest absolute Gasteiger partial charge is 0.0406 e. The summed E-state index contributed by atoms with van der Waals surface area (Å²) in [5, 5.41) is 4.44. The minimum Gasteiger partial charge on any atom is -0.310 e. The summed E-state index contributed by atoms with van der Waals surface area (Å²) in [4.78, 5) is 0. The molecule has 2 heteroatoms. The lowest BCUT2D eigenvalue weighted by molar-refractivity contribution is 0.426. The maximum atomic E-state index is 5.84. The van der Waals surface area contributed by atoms with Crippen LogP contribution < -0.4 is 5.32 Å². The summed E-state index contributed by atoms with van der Waals surface area (Å²) < 4.78 is 0. The lowest BCUT2D eigenvalue weighted by Gasteiger charge is -2.17. The molecule has 0 amide bonds. The SMILES string of the molecule is CC1CCCC1NCc1ccc(Cl)cc1. The largest absolute Gasteiger partial charge is 0.310 e. The van der Waals surface area contributed by atoms with E-state index in [1.807, 2.05) is 12.1 Å². The van der Waals surface area contributed by atoms with Crippen molar-refractivity contribution in [1.82, 2.24) is 5.32 Å². The fraction of sp³-hybridized carbons (Fsp3) is 0.538. The molecule has 2 rings (SSSR count). The van der Waals surface area contributed by atoms with Gasteiger partial charge in [-0.3, -0.25) is 0 Å². The molecule has 15 heavy (non-hydrogen) atoms. The summed E-state index contributed by atoms with van der Waals surface area (Å²) in [6.07, 6.45) is 4.08. The first-order valence-electron chi connectivity index (χ1n) is 5.73. The molecule has 1 saturated carbocycles. The van der Waals surface area contributed by atoms with Crippen molar-refractivity contribution in [1.29, 1.82) is 0 Å². The predicted molar refractivity (Wildman–Crippen MR) is 65.1 cm³/mol. The summed E-state index contributed by atoms with van der Waals surface area (Å²) >= 11 is 5.84. The van der Waals surface area contributed by atoms with Crippen LogP contribution in [0.2, 0.25) is 5.02 Å². The van der Waals surface area contributed by atoms with Gasteiger partial charge in [0.25, 0.3) is 0 Å². The van der Waals surface area contributed by atoms with E-state index in [0.29, 0.717) is 6.04 Å². The van der Waals surface area contributed by atoms with Crippen molar-refractivity contribution in [2.24, 2.45) is 5.92 Å². The number of hydrogen-bond donors (Lipinski definition) is 1. The van der Waals surface area contributed by atoms with Crippen LogP contribution in [0, 0.1) is 5.92 Å². The second-order valence-corrected chi connectivity index (χ2v) is 4.96. The molecule has 0 bridgehead atoms. The van der Waals surface area contributed by atoms with E-state index in [-0.39, 0.29) is 0 Å². The third kappa shape index (κ3) is 2.96. The molecule has 1 aliphatic rings. The molecule has 82 valence electrons. The predicted octanol–water partition coefficient (Wildman–Crippen LogP) is 3.62. The van der Waals surface area contributed by atoms with Crippen molar-refractivity contribution in [2.45, 2.75) is 38.8 Å². The van der Waals surface area contributed by atoms with Crippen LogP contribution in [0.15, 0.2) is 24.3 Å². The van der Waals surface area contributed by atoms with E-state index >= 15 is 0 Å². The first-order chi connectivity index (χ1) is 7.25. The fourth-order valence-corrected chi connectivity index (χ4v) is 2.43. The van der Waals surface area contributed by atoms with Crippen molar-refractivity contribution >= 4 is 11.6 Å². The Morgan fingerprint density at radius 3 is 2.60 bits per heavy atom. The van der Waals surface area contributed by atoms with Gasteiger partial charge in [-0.05, 0) is 36.5 Å². The number of rotatable bonds is 3. The highest BCUT2D eigenvalue weighted by molar-refractivity contribution is 6.30. The quantitative estimate of drug-likeness (QED) is 0.826. The molecule has 1 aromatic rings. The first kappa shape index (κ1) is 11.0. The third-order valence-corrected chi connectivity index (χ3v) is 3.60. The first-order valence-corrected chi connectivity index (χ1v) is 6.11. The molecular weight excluding hydrogens is 206 g/mol. The Kier molecular flexibility index (Phi) is 3.66. The minimum atomic E-state index is 0.709. The van der Waals surface area contributed by atoms with Gasteiger partial charge in [0.2, 0.25) is 0 Å². The van der Waals surface area contributed by atoms with Crippen molar-refractivity contribution < 1.29 is 0 Å². The Hall–Kier alpha value is -0.530. The maximum Gasteiger partial charge on any atom is 0.0406 e. The van der Waals surface area contributed by atoms with Gasteiger partial charge in [-0.25, -0.2) is 0 Å². The minimum absolute atomic E-state index is 0.709. The fourth-order valence-electron chi connectivity index (χ4n) is 2.30. The van der Waals surface area contributed by atoms with Gasteiger partial charge in [-0.2, -0.15) is 0 Å². The van der Waals surface area contributed by atoms with Crippen molar-refractivity contribution in [3.05, 3.63) is 34.9 Å². The van der Waals surface area contributed by atoms with Gasteiger partial charge in [0.05, 0.1) is 0 Å². The van der Waals surface area contributed by atoms with E-state index < -0.39 is 0 Å². The van der Waals surface area contributed by atoms with Crippen molar-refractivity contribution in [3.8, 4) is 0 Å². The van der Waals surface area contributed by atoms with Gasteiger partial charge in [0.1, 0.15) is 0 Å². The molecule has 2 atom stereocenters. The zero-order chi connectivity index (χ0) is 10.7. The summed E-state index contributed by atoms with van der Waals surface area (Å²) in [6, 6.07) is 8.80. The standard InChI is InChI=1S/C13H18ClN/c1-10-3-2-4-13(10)15-9-11-5-7-12(14)8-6-11/h5-8,10,13,15H,2-4,9H2,1H3.